The van der Waals surface area contributed by atoms with Crippen molar-refractivity contribution in [2.24, 2.45) is 0 Å². The van der Waals surface area contributed by atoms with E-state index in [9.17, 15) is 18.0 Å². The molecular formula is C13H13ClF3NO. The number of amides is 1. The molecule has 1 heterocycles. The fourth-order valence-corrected chi connectivity index (χ4v) is 2.36. The van der Waals surface area contributed by atoms with Crippen molar-refractivity contribution in [2.45, 2.75) is 24.4 Å². The van der Waals surface area contributed by atoms with E-state index in [-0.39, 0.29) is 11.3 Å². The lowest BCUT2D eigenvalue weighted by atomic mass is 10.1. The van der Waals surface area contributed by atoms with Gasteiger partial charge in [-0.15, -0.1) is 11.6 Å². The average Bonchev–Trinajstić information content (AvgIpc) is 2.65. The van der Waals surface area contributed by atoms with Crippen LogP contribution in [0, 0.1) is 0 Å². The maximum absolute atomic E-state index is 12.4. The molecule has 0 aliphatic carbocycles. The van der Waals surface area contributed by atoms with Gasteiger partial charge in [0.25, 0.3) is 0 Å². The van der Waals surface area contributed by atoms with Gasteiger partial charge >= 0.3 is 6.18 Å². The van der Waals surface area contributed by atoms with E-state index in [1.165, 1.54) is 12.1 Å². The highest BCUT2D eigenvalue weighted by atomic mass is 35.5. The van der Waals surface area contributed by atoms with E-state index in [4.69, 9.17) is 11.6 Å². The molecule has 1 atom stereocenters. The van der Waals surface area contributed by atoms with Gasteiger partial charge in [-0.05, 0) is 24.1 Å². The van der Waals surface area contributed by atoms with Gasteiger partial charge in [-0.1, -0.05) is 12.1 Å². The maximum Gasteiger partial charge on any atom is 0.416 e. The molecule has 2 rings (SSSR count). The average molecular weight is 292 g/mol. The highest BCUT2D eigenvalue weighted by molar-refractivity contribution is 6.22. The van der Waals surface area contributed by atoms with Crippen molar-refractivity contribution in [3.05, 3.63) is 35.4 Å². The molecule has 1 aromatic rings. The maximum atomic E-state index is 12.4. The molecule has 1 unspecified atom stereocenters. The van der Waals surface area contributed by atoms with Gasteiger partial charge in [-0.3, -0.25) is 4.79 Å². The lowest BCUT2D eigenvalue weighted by molar-refractivity contribution is -0.137. The van der Waals surface area contributed by atoms with Crippen molar-refractivity contribution in [1.82, 2.24) is 4.90 Å². The summed E-state index contributed by atoms with van der Waals surface area (Å²) in [5, 5.41) is -0.153. The first kappa shape index (κ1) is 14.2. The number of benzene rings is 1. The Hall–Kier alpha value is -1.23. The molecule has 0 saturated carbocycles. The summed E-state index contributed by atoms with van der Waals surface area (Å²) in [7, 11) is 0. The highest BCUT2D eigenvalue weighted by Gasteiger charge is 2.30. The summed E-state index contributed by atoms with van der Waals surface area (Å²) in [5.74, 6) is 0.00640. The van der Waals surface area contributed by atoms with Crippen LogP contribution in [0.15, 0.2) is 24.3 Å². The van der Waals surface area contributed by atoms with Crippen molar-refractivity contribution in [3.63, 3.8) is 0 Å². The topological polar surface area (TPSA) is 20.3 Å². The van der Waals surface area contributed by atoms with Crippen molar-refractivity contribution in [1.29, 1.82) is 0 Å². The number of hydrogen-bond acceptors (Lipinski definition) is 1. The largest absolute Gasteiger partial charge is 0.416 e. The summed E-state index contributed by atoms with van der Waals surface area (Å²) in [6.45, 7) is 1.01. The summed E-state index contributed by atoms with van der Waals surface area (Å²) >= 11 is 5.87. The molecule has 1 aromatic carbocycles. The molecule has 0 bridgehead atoms. The second-order valence-corrected chi connectivity index (χ2v) is 5.20. The van der Waals surface area contributed by atoms with E-state index in [0.29, 0.717) is 25.9 Å². The minimum Gasteiger partial charge on any atom is -0.341 e. The Morgan fingerprint density at radius 2 is 1.89 bits per heavy atom. The lowest BCUT2D eigenvalue weighted by Crippen LogP contribution is -2.27. The third-order valence-corrected chi connectivity index (χ3v) is 3.41. The zero-order chi connectivity index (χ0) is 14.0. The van der Waals surface area contributed by atoms with Crippen LogP contribution in [0.1, 0.15) is 17.5 Å². The summed E-state index contributed by atoms with van der Waals surface area (Å²) in [4.78, 5) is 13.1. The molecule has 0 radical (unpaired) electrons. The Balaban J connectivity index is 1.92. The van der Waals surface area contributed by atoms with Crippen molar-refractivity contribution in [3.8, 4) is 0 Å². The number of halogens is 4. The van der Waals surface area contributed by atoms with Crippen LogP contribution in [-0.4, -0.2) is 29.3 Å². The predicted octanol–water partition coefficient (Wildman–Crippen LogP) is 3.09. The Morgan fingerprint density at radius 1 is 1.26 bits per heavy atom. The minimum absolute atomic E-state index is 0.00640. The van der Waals surface area contributed by atoms with E-state index in [2.05, 4.69) is 0 Å². The number of likely N-dealkylation sites (tertiary alicyclic amines) is 1. The third kappa shape index (κ3) is 3.62. The van der Waals surface area contributed by atoms with Gasteiger partial charge in [-0.25, -0.2) is 0 Å². The van der Waals surface area contributed by atoms with Crippen LogP contribution in [0.5, 0.6) is 0 Å². The molecule has 0 aromatic heterocycles. The second kappa shape index (κ2) is 5.41. The first-order chi connectivity index (χ1) is 8.86. The van der Waals surface area contributed by atoms with Crippen molar-refractivity contribution in [2.75, 3.05) is 13.1 Å². The fraction of sp³-hybridized carbons (Fsp3) is 0.462. The molecule has 1 aliphatic rings. The molecule has 2 nitrogen and oxygen atoms in total. The molecule has 0 N–H and O–H groups in total. The summed E-state index contributed by atoms with van der Waals surface area (Å²) in [6.07, 6.45) is -3.43. The number of nitrogens with zero attached hydrogens (tertiary/aromatic N) is 1. The van der Waals surface area contributed by atoms with Crippen molar-refractivity contribution >= 4 is 17.5 Å². The molecular weight excluding hydrogens is 279 g/mol. The van der Waals surface area contributed by atoms with E-state index >= 15 is 0 Å². The standard InChI is InChI=1S/C13H13ClF3NO/c14-11-7-12(19)18(8-11)6-5-9-1-3-10(4-2-9)13(15,16)17/h1-4,11H,5-8H2. The molecule has 104 valence electrons. The second-order valence-electron chi connectivity index (χ2n) is 4.59. The summed E-state index contributed by atoms with van der Waals surface area (Å²) in [6, 6.07) is 5.01. The molecule has 1 amide bonds. The highest BCUT2D eigenvalue weighted by Crippen LogP contribution is 2.29. The Morgan fingerprint density at radius 3 is 2.37 bits per heavy atom. The Labute approximate surface area is 114 Å². The predicted molar refractivity (Wildman–Crippen MR) is 66.0 cm³/mol. The number of carbonyl (C=O) groups is 1. The normalized spacial score (nSPS) is 20.1. The smallest absolute Gasteiger partial charge is 0.341 e. The van der Waals surface area contributed by atoms with E-state index in [1.54, 1.807) is 4.90 Å². The zero-order valence-corrected chi connectivity index (χ0v) is 10.8. The zero-order valence-electron chi connectivity index (χ0n) is 10.1. The van der Waals surface area contributed by atoms with E-state index < -0.39 is 11.7 Å². The first-order valence-electron chi connectivity index (χ1n) is 5.94. The van der Waals surface area contributed by atoms with Gasteiger partial charge in [0.2, 0.25) is 5.91 Å². The van der Waals surface area contributed by atoms with Crippen molar-refractivity contribution < 1.29 is 18.0 Å². The molecule has 1 fully saturated rings. The summed E-state index contributed by atoms with van der Waals surface area (Å²) in [5.41, 5.74) is 0.119. The van der Waals surface area contributed by atoms with Gasteiger partial charge in [0.15, 0.2) is 0 Å². The first-order valence-corrected chi connectivity index (χ1v) is 6.38. The quantitative estimate of drug-likeness (QED) is 0.784. The van der Waals surface area contributed by atoms with Crippen LogP contribution in [0.3, 0.4) is 0 Å². The van der Waals surface area contributed by atoms with Crippen LogP contribution in [0.2, 0.25) is 0 Å². The van der Waals surface area contributed by atoms with Gasteiger partial charge < -0.3 is 4.90 Å². The van der Waals surface area contributed by atoms with Gasteiger partial charge in [0.1, 0.15) is 0 Å². The molecule has 19 heavy (non-hydrogen) atoms. The lowest BCUT2D eigenvalue weighted by Gasteiger charge is -2.15. The molecule has 0 spiro atoms. The molecule has 6 heteroatoms. The fourth-order valence-electron chi connectivity index (χ4n) is 2.06. The van der Waals surface area contributed by atoms with Crippen LogP contribution in [0.25, 0.3) is 0 Å². The molecule has 1 aliphatic heterocycles. The monoisotopic (exact) mass is 291 g/mol. The Kier molecular flexibility index (Phi) is 4.04. The number of alkyl halides is 4. The van der Waals surface area contributed by atoms with Crippen LogP contribution >= 0.6 is 11.6 Å². The van der Waals surface area contributed by atoms with Crippen LogP contribution < -0.4 is 0 Å². The van der Waals surface area contributed by atoms with Crippen LogP contribution in [0.4, 0.5) is 13.2 Å². The Bertz CT molecular complexity index is 458. The van der Waals surface area contributed by atoms with E-state index in [1.807, 2.05) is 0 Å². The number of hydrogen-bond donors (Lipinski definition) is 0. The third-order valence-electron chi connectivity index (χ3n) is 3.12. The summed E-state index contributed by atoms with van der Waals surface area (Å²) < 4.78 is 37.1. The van der Waals surface area contributed by atoms with E-state index in [0.717, 1.165) is 17.7 Å². The van der Waals surface area contributed by atoms with Crippen LogP contribution in [-0.2, 0) is 17.4 Å². The number of rotatable bonds is 3. The van der Waals surface area contributed by atoms with Gasteiger partial charge in [0, 0.05) is 19.5 Å². The SMILES string of the molecule is O=C1CC(Cl)CN1CCc1ccc(C(F)(F)F)cc1. The minimum atomic E-state index is -4.31. The van der Waals surface area contributed by atoms with Gasteiger partial charge in [-0.2, -0.15) is 13.2 Å². The van der Waals surface area contributed by atoms with Gasteiger partial charge in [0.05, 0.1) is 10.9 Å². The number of carbonyl (C=O) groups excluding carboxylic acids is 1. The molecule has 1 saturated heterocycles.